The van der Waals surface area contributed by atoms with Crippen molar-refractivity contribution in [3.8, 4) is 0 Å². The van der Waals surface area contributed by atoms with Crippen molar-refractivity contribution in [1.82, 2.24) is 20.3 Å². The van der Waals surface area contributed by atoms with Crippen LogP contribution in [0.25, 0.3) is 0 Å². The van der Waals surface area contributed by atoms with Crippen molar-refractivity contribution in [2.45, 2.75) is 11.3 Å². The number of carbonyl (C=O) groups excluding carboxylic acids is 2. The van der Waals surface area contributed by atoms with Gasteiger partial charge in [0.2, 0.25) is 11.0 Å². The number of halogens is 1. The summed E-state index contributed by atoms with van der Waals surface area (Å²) in [5.74, 6) is 0.507. The van der Waals surface area contributed by atoms with E-state index < -0.39 is 0 Å². The summed E-state index contributed by atoms with van der Waals surface area (Å²) in [6.45, 7) is 4.07. The zero-order valence-corrected chi connectivity index (χ0v) is 18.2. The fraction of sp³-hybridized carbons (Fsp3) is 0.316. The normalized spacial score (nSPS) is 14.0. The van der Waals surface area contributed by atoms with Gasteiger partial charge in [-0.15, -0.1) is 10.2 Å². The summed E-state index contributed by atoms with van der Waals surface area (Å²) in [5, 5.41) is 15.5. The second kappa shape index (κ2) is 9.43. The summed E-state index contributed by atoms with van der Waals surface area (Å²) in [5.41, 5.74) is 0.475. The number of piperazine rings is 1. The highest BCUT2D eigenvalue weighted by Crippen LogP contribution is 2.29. The molecule has 9 nitrogen and oxygen atoms in total. The Labute approximate surface area is 185 Å². The van der Waals surface area contributed by atoms with Gasteiger partial charge in [-0.1, -0.05) is 28.3 Å². The maximum absolute atomic E-state index is 13.1. The van der Waals surface area contributed by atoms with Gasteiger partial charge < -0.3 is 19.6 Å². The minimum Gasteiger partial charge on any atom is -0.360 e. The summed E-state index contributed by atoms with van der Waals surface area (Å²) < 4.78 is 18.7. The molecule has 4 rings (SSSR count). The number of rotatable bonds is 6. The standard InChI is InChI=1S/C19H19FN6O3S2/c1-12-10-15(24-29-12)21-16(27)11-30-19-23-22-18(31-19)26-8-6-25(7-9-26)17(28)13-2-4-14(20)5-3-13/h2-5,10H,6-9,11H2,1H3,(H,21,24,27). The molecule has 31 heavy (non-hydrogen) atoms. The Bertz CT molecular complexity index is 1060. The Kier molecular flexibility index (Phi) is 6.47. The first-order valence-electron chi connectivity index (χ1n) is 9.47. The van der Waals surface area contributed by atoms with E-state index >= 15 is 0 Å². The molecule has 3 heterocycles. The van der Waals surface area contributed by atoms with E-state index in [-0.39, 0.29) is 23.4 Å². The smallest absolute Gasteiger partial charge is 0.253 e. The largest absolute Gasteiger partial charge is 0.360 e. The number of aryl methyl sites for hydroxylation is 1. The highest BCUT2D eigenvalue weighted by atomic mass is 32.2. The third-order valence-electron chi connectivity index (χ3n) is 4.55. The van der Waals surface area contributed by atoms with Gasteiger partial charge in [-0.3, -0.25) is 9.59 Å². The van der Waals surface area contributed by atoms with E-state index in [0.717, 1.165) is 5.13 Å². The molecule has 0 radical (unpaired) electrons. The number of nitrogens with one attached hydrogen (secondary N) is 1. The molecule has 1 aliphatic heterocycles. The highest BCUT2D eigenvalue weighted by Gasteiger charge is 2.24. The summed E-state index contributed by atoms with van der Waals surface area (Å²) >= 11 is 2.70. The van der Waals surface area contributed by atoms with E-state index in [2.05, 4.69) is 25.6 Å². The molecule has 0 aliphatic carbocycles. The quantitative estimate of drug-likeness (QED) is 0.558. The summed E-state index contributed by atoms with van der Waals surface area (Å²) in [7, 11) is 0. The van der Waals surface area contributed by atoms with Crippen LogP contribution in [-0.4, -0.2) is 64.0 Å². The topological polar surface area (TPSA) is 104 Å². The summed E-state index contributed by atoms with van der Waals surface area (Å²) in [6.07, 6.45) is 0. The minimum absolute atomic E-state index is 0.110. The Morgan fingerprint density at radius 3 is 2.61 bits per heavy atom. The monoisotopic (exact) mass is 462 g/mol. The van der Waals surface area contributed by atoms with Gasteiger partial charge in [0, 0.05) is 37.8 Å². The van der Waals surface area contributed by atoms with E-state index in [1.807, 2.05) is 0 Å². The molecule has 0 unspecified atom stereocenters. The lowest BCUT2D eigenvalue weighted by molar-refractivity contribution is -0.113. The van der Waals surface area contributed by atoms with Crippen molar-refractivity contribution in [3.05, 3.63) is 47.5 Å². The van der Waals surface area contributed by atoms with E-state index in [1.165, 1.54) is 47.4 Å². The number of hydrogen-bond acceptors (Lipinski definition) is 9. The Balaban J connectivity index is 1.25. The summed E-state index contributed by atoms with van der Waals surface area (Å²) in [4.78, 5) is 28.4. The predicted octanol–water partition coefficient (Wildman–Crippen LogP) is 2.67. The average Bonchev–Trinajstić information content (AvgIpc) is 3.41. The molecule has 0 spiro atoms. The predicted molar refractivity (Wildman–Crippen MR) is 115 cm³/mol. The third-order valence-corrected chi connectivity index (χ3v) is 6.66. The number of benzene rings is 1. The van der Waals surface area contributed by atoms with Gasteiger partial charge in [0.1, 0.15) is 11.6 Å². The Morgan fingerprint density at radius 1 is 1.19 bits per heavy atom. The number of aromatic nitrogens is 3. The number of anilines is 2. The number of carbonyl (C=O) groups is 2. The zero-order valence-electron chi connectivity index (χ0n) is 16.6. The maximum Gasteiger partial charge on any atom is 0.253 e. The lowest BCUT2D eigenvalue weighted by Gasteiger charge is -2.34. The molecule has 3 aromatic rings. The van der Waals surface area contributed by atoms with Crippen LogP contribution < -0.4 is 10.2 Å². The molecule has 12 heteroatoms. The van der Waals surface area contributed by atoms with Crippen LogP contribution >= 0.6 is 23.1 Å². The fourth-order valence-corrected chi connectivity index (χ4v) is 4.69. The van der Waals surface area contributed by atoms with Crippen molar-refractivity contribution < 1.29 is 18.5 Å². The third kappa shape index (κ3) is 5.39. The number of hydrogen-bond donors (Lipinski definition) is 1. The van der Waals surface area contributed by atoms with Crippen LogP contribution in [0.15, 0.2) is 39.2 Å². The SMILES string of the molecule is Cc1cc(NC(=O)CSc2nnc(N3CCN(C(=O)c4ccc(F)cc4)CC3)s2)no1. The van der Waals surface area contributed by atoms with Crippen LogP contribution in [0.1, 0.15) is 16.1 Å². The lowest BCUT2D eigenvalue weighted by atomic mass is 10.2. The van der Waals surface area contributed by atoms with Gasteiger partial charge in [-0.2, -0.15) is 0 Å². The summed E-state index contributed by atoms with van der Waals surface area (Å²) in [6, 6.07) is 7.22. The lowest BCUT2D eigenvalue weighted by Crippen LogP contribution is -2.48. The van der Waals surface area contributed by atoms with Gasteiger partial charge >= 0.3 is 0 Å². The number of nitrogens with zero attached hydrogens (tertiary/aromatic N) is 5. The molecule has 1 saturated heterocycles. The first-order valence-corrected chi connectivity index (χ1v) is 11.3. The van der Waals surface area contributed by atoms with Crippen LogP contribution in [0.3, 0.4) is 0 Å². The highest BCUT2D eigenvalue weighted by molar-refractivity contribution is 8.01. The van der Waals surface area contributed by atoms with Crippen molar-refractivity contribution >= 4 is 45.9 Å². The van der Waals surface area contributed by atoms with Crippen LogP contribution in [0.2, 0.25) is 0 Å². The second-order valence-electron chi connectivity index (χ2n) is 6.80. The average molecular weight is 463 g/mol. The van der Waals surface area contributed by atoms with Gasteiger partial charge in [-0.05, 0) is 31.2 Å². The van der Waals surface area contributed by atoms with Crippen LogP contribution in [-0.2, 0) is 4.79 Å². The van der Waals surface area contributed by atoms with Gasteiger partial charge in [-0.25, -0.2) is 4.39 Å². The molecule has 1 aromatic carbocycles. The van der Waals surface area contributed by atoms with Crippen LogP contribution in [0, 0.1) is 12.7 Å². The Hall–Kier alpha value is -2.99. The van der Waals surface area contributed by atoms with Gasteiger partial charge in [0.05, 0.1) is 5.75 Å². The molecule has 2 aromatic heterocycles. The molecule has 1 aliphatic rings. The maximum atomic E-state index is 13.1. The molecule has 1 N–H and O–H groups in total. The number of amides is 2. The fourth-order valence-electron chi connectivity index (χ4n) is 3.00. The molecule has 0 saturated carbocycles. The van der Waals surface area contributed by atoms with E-state index in [0.29, 0.717) is 47.7 Å². The molecule has 1 fully saturated rings. The van der Waals surface area contributed by atoms with Crippen molar-refractivity contribution in [3.63, 3.8) is 0 Å². The Morgan fingerprint density at radius 2 is 1.94 bits per heavy atom. The van der Waals surface area contributed by atoms with Gasteiger partial charge in [0.25, 0.3) is 5.91 Å². The van der Waals surface area contributed by atoms with Gasteiger partial charge in [0.15, 0.2) is 10.2 Å². The van der Waals surface area contributed by atoms with Crippen molar-refractivity contribution in [2.75, 3.05) is 42.1 Å². The number of thioether (sulfide) groups is 1. The molecule has 162 valence electrons. The zero-order chi connectivity index (χ0) is 21.8. The van der Waals surface area contributed by atoms with E-state index in [1.54, 1.807) is 17.9 Å². The van der Waals surface area contributed by atoms with Crippen molar-refractivity contribution in [2.24, 2.45) is 0 Å². The van der Waals surface area contributed by atoms with E-state index in [4.69, 9.17) is 4.52 Å². The molecule has 0 bridgehead atoms. The van der Waals surface area contributed by atoms with Crippen molar-refractivity contribution in [1.29, 1.82) is 0 Å². The van der Waals surface area contributed by atoms with Crippen LogP contribution in [0.4, 0.5) is 15.3 Å². The molecular formula is C19H19FN6O3S2. The molecular weight excluding hydrogens is 443 g/mol. The minimum atomic E-state index is -0.364. The molecule has 2 amide bonds. The second-order valence-corrected chi connectivity index (χ2v) is 8.97. The first-order chi connectivity index (χ1) is 15.0. The molecule has 0 atom stereocenters. The van der Waals surface area contributed by atoms with E-state index in [9.17, 15) is 14.0 Å². The van der Waals surface area contributed by atoms with Crippen LogP contribution in [0.5, 0.6) is 0 Å². The first kappa shape index (κ1) is 21.2.